The van der Waals surface area contributed by atoms with Crippen LogP contribution in [-0.2, 0) is 6.18 Å². The Morgan fingerprint density at radius 2 is 1.70 bits per heavy atom. The third-order valence-electron chi connectivity index (χ3n) is 3.72. The molecule has 136 valence electrons. The zero-order valence-electron chi connectivity index (χ0n) is 13.4. The van der Waals surface area contributed by atoms with Gasteiger partial charge in [-0.3, -0.25) is 10.1 Å². The molecule has 0 unspecified atom stereocenters. The van der Waals surface area contributed by atoms with E-state index in [0.717, 1.165) is 29.0 Å². The van der Waals surface area contributed by atoms with Gasteiger partial charge in [0.2, 0.25) is 10.1 Å². The van der Waals surface area contributed by atoms with Crippen molar-refractivity contribution in [2.24, 2.45) is 0 Å². The van der Waals surface area contributed by atoms with Gasteiger partial charge >= 0.3 is 6.18 Å². The number of rotatable bonds is 3. The van der Waals surface area contributed by atoms with E-state index in [0.29, 0.717) is 10.8 Å². The van der Waals surface area contributed by atoms with Gasteiger partial charge in [-0.1, -0.05) is 53.8 Å². The number of benzene rings is 2. The molecule has 2 aromatic carbocycles. The van der Waals surface area contributed by atoms with Crippen molar-refractivity contribution in [2.45, 2.75) is 6.18 Å². The zero-order valence-corrected chi connectivity index (χ0v) is 14.3. The normalized spacial score (nSPS) is 11.7. The topological polar surface area (TPSA) is 72.2 Å². The van der Waals surface area contributed by atoms with Crippen molar-refractivity contribution >= 4 is 27.3 Å². The first kappa shape index (κ1) is 17.2. The number of hydrogen-bond donors (Lipinski definition) is 1. The maximum Gasteiger partial charge on any atom is 0.417 e. The fourth-order valence-corrected chi connectivity index (χ4v) is 3.26. The van der Waals surface area contributed by atoms with Crippen LogP contribution in [0, 0.1) is 0 Å². The second-order valence-corrected chi connectivity index (χ2v) is 6.44. The molecule has 0 aliphatic carbocycles. The van der Waals surface area contributed by atoms with Gasteiger partial charge in [-0.25, -0.2) is 0 Å². The number of aromatic nitrogens is 4. The minimum Gasteiger partial charge on any atom is -0.296 e. The largest absolute Gasteiger partial charge is 0.417 e. The van der Waals surface area contributed by atoms with Crippen molar-refractivity contribution in [3.8, 4) is 11.4 Å². The van der Waals surface area contributed by atoms with Crippen LogP contribution < -0.4 is 5.32 Å². The molecule has 4 aromatic rings. The predicted octanol–water partition coefficient (Wildman–Crippen LogP) is 4.12. The van der Waals surface area contributed by atoms with Crippen LogP contribution in [0.25, 0.3) is 16.3 Å². The summed E-state index contributed by atoms with van der Waals surface area (Å²) < 4.78 is 40.7. The van der Waals surface area contributed by atoms with E-state index in [-0.39, 0.29) is 5.13 Å². The fraction of sp³-hybridized carbons (Fsp3) is 0.0588. The van der Waals surface area contributed by atoms with Crippen LogP contribution in [0.5, 0.6) is 0 Å². The minimum atomic E-state index is -4.63. The van der Waals surface area contributed by atoms with Gasteiger partial charge < -0.3 is 0 Å². The summed E-state index contributed by atoms with van der Waals surface area (Å²) >= 11 is 1.01. The summed E-state index contributed by atoms with van der Waals surface area (Å²) in [7, 11) is 0. The zero-order chi connectivity index (χ0) is 19.0. The summed E-state index contributed by atoms with van der Waals surface area (Å²) in [6.45, 7) is 0. The molecule has 0 bridgehead atoms. The monoisotopic (exact) mass is 389 g/mol. The Balaban J connectivity index is 1.65. The van der Waals surface area contributed by atoms with Crippen molar-refractivity contribution in [2.75, 3.05) is 5.32 Å². The van der Waals surface area contributed by atoms with Crippen LogP contribution >= 0.6 is 11.3 Å². The van der Waals surface area contributed by atoms with E-state index >= 15 is 0 Å². The number of fused-ring (bicyclic) bond motifs is 1. The van der Waals surface area contributed by atoms with Crippen molar-refractivity contribution in [3.63, 3.8) is 0 Å². The first-order chi connectivity index (χ1) is 12.9. The van der Waals surface area contributed by atoms with Crippen LogP contribution in [-0.4, -0.2) is 25.7 Å². The summed E-state index contributed by atoms with van der Waals surface area (Å²) in [5, 5.41) is 14.8. The first-order valence-corrected chi connectivity index (χ1v) is 8.50. The lowest BCUT2D eigenvalue weighted by atomic mass is 10.1. The molecule has 1 N–H and O–H groups in total. The molecule has 0 spiro atoms. The lowest BCUT2D eigenvalue weighted by Crippen LogP contribution is -2.18. The van der Waals surface area contributed by atoms with E-state index in [9.17, 15) is 18.0 Å². The number of carbonyl (C=O) groups excluding carboxylic acids is 1. The SMILES string of the molecule is O=C(Nc1nn2c(-c3ccccc3)nnc2s1)c1ccccc1C(F)(F)F. The molecule has 0 aliphatic heterocycles. The fourth-order valence-electron chi connectivity index (χ4n) is 2.53. The molecule has 10 heteroatoms. The van der Waals surface area contributed by atoms with Gasteiger partial charge in [-0.05, 0) is 12.1 Å². The third-order valence-corrected chi connectivity index (χ3v) is 4.53. The standard InChI is InChI=1S/C17H10F3N5OS/c18-17(19,20)12-9-5-4-8-11(12)14(26)21-15-24-25-13(22-23-16(25)27-15)10-6-2-1-3-7-10/h1-9H,(H,21,24,26). The summed E-state index contributed by atoms with van der Waals surface area (Å²) in [5.74, 6) is -0.424. The molecule has 2 aromatic heterocycles. The second kappa shape index (κ2) is 6.47. The quantitative estimate of drug-likeness (QED) is 0.572. The molecular formula is C17H10F3N5OS. The van der Waals surface area contributed by atoms with Gasteiger partial charge in [-0.15, -0.1) is 15.3 Å². The highest BCUT2D eigenvalue weighted by Crippen LogP contribution is 2.32. The van der Waals surface area contributed by atoms with Crippen LogP contribution in [0.1, 0.15) is 15.9 Å². The van der Waals surface area contributed by atoms with Gasteiger partial charge in [0.25, 0.3) is 5.91 Å². The average Bonchev–Trinajstić information content (AvgIpc) is 3.21. The number of carbonyl (C=O) groups is 1. The number of halogens is 3. The van der Waals surface area contributed by atoms with E-state index in [1.54, 1.807) is 0 Å². The van der Waals surface area contributed by atoms with Gasteiger partial charge in [0.05, 0.1) is 11.1 Å². The van der Waals surface area contributed by atoms with E-state index in [2.05, 4.69) is 20.6 Å². The Bertz CT molecular complexity index is 1120. The van der Waals surface area contributed by atoms with Crippen LogP contribution in [0.4, 0.5) is 18.3 Å². The van der Waals surface area contributed by atoms with E-state index in [1.165, 1.54) is 16.6 Å². The van der Waals surface area contributed by atoms with Crippen LogP contribution in [0.3, 0.4) is 0 Å². The molecule has 0 saturated carbocycles. The maximum absolute atomic E-state index is 13.1. The summed E-state index contributed by atoms with van der Waals surface area (Å²) in [4.78, 5) is 12.8. The number of amides is 1. The van der Waals surface area contributed by atoms with Crippen molar-refractivity contribution < 1.29 is 18.0 Å². The molecule has 6 nitrogen and oxygen atoms in total. The molecule has 0 saturated heterocycles. The molecule has 0 radical (unpaired) electrons. The molecule has 27 heavy (non-hydrogen) atoms. The molecule has 0 aliphatic rings. The number of nitrogens with one attached hydrogen (secondary N) is 1. The van der Waals surface area contributed by atoms with E-state index < -0.39 is 23.2 Å². The molecule has 4 rings (SSSR count). The predicted molar refractivity (Wildman–Crippen MR) is 93.5 cm³/mol. The molecule has 0 fully saturated rings. The first-order valence-electron chi connectivity index (χ1n) is 7.69. The smallest absolute Gasteiger partial charge is 0.296 e. The Labute approximate surface area is 154 Å². The number of hydrogen-bond acceptors (Lipinski definition) is 5. The summed E-state index contributed by atoms with van der Waals surface area (Å²) in [6, 6.07) is 13.8. The lowest BCUT2D eigenvalue weighted by Gasteiger charge is -2.11. The van der Waals surface area contributed by atoms with Gasteiger partial charge in [0, 0.05) is 5.56 Å². The highest BCUT2D eigenvalue weighted by molar-refractivity contribution is 7.20. The van der Waals surface area contributed by atoms with Crippen molar-refractivity contribution in [3.05, 3.63) is 65.7 Å². The summed E-state index contributed by atoms with van der Waals surface area (Å²) in [6.07, 6.45) is -4.63. The van der Waals surface area contributed by atoms with Gasteiger partial charge in [-0.2, -0.15) is 17.7 Å². The van der Waals surface area contributed by atoms with E-state index in [4.69, 9.17) is 0 Å². The van der Waals surface area contributed by atoms with Gasteiger partial charge in [0.1, 0.15) is 0 Å². The average molecular weight is 389 g/mol. The number of anilines is 1. The number of nitrogens with zero attached hydrogens (tertiary/aromatic N) is 4. The molecular weight excluding hydrogens is 379 g/mol. The van der Waals surface area contributed by atoms with Crippen molar-refractivity contribution in [1.82, 2.24) is 19.8 Å². The molecule has 2 heterocycles. The highest BCUT2D eigenvalue weighted by atomic mass is 32.1. The van der Waals surface area contributed by atoms with E-state index in [1.807, 2.05) is 30.3 Å². The Kier molecular flexibility index (Phi) is 4.11. The maximum atomic E-state index is 13.1. The number of alkyl halides is 3. The van der Waals surface area contributed by atoms with Crippen LogP contribution in [0.2, 0.25) is 0 Å². The molecule has 0 atom stereocenters. The van der Waals surface area contributed by atoms with Gasteiger partial charge in [0.15, 0.2) is 5.82 Å². The Morgan fingerprint density at radius 1 is 1.00 bits per heavy atom. The van der Waals surface area contributed by atoms with Crippen LogP contribution in [0.15, 0.2) is 54.6 Å². The lowest BCUT2D eigenvalue weighted by molar-refractivity contribution is -0.137. The highest BCUT2D eigenvalue weighted by Gasteiger charge is 2.35. The summed E-state index contributed by atoms with van der Waals surface area (Å²) in [5.41, 5.74) is -0.703. The molecule has 1 amide bonds. The Hall–Kier alpha value is -3.27. The van der Waals surface area contributed by atoms with Crippen molar-refractivity contribution in [1.29, 1.82) is 0 Å². The third kappa shape index (κ3) is 3.26. The minimum absolute atomic E-state index is 0.124. The Morgan fingerprint density at radius 3 is 2.44 bits per heavy atom. The second-order valence-electron chi connectivity index (χ2n) is 5.49.